The third-order valence-electron chi connectivity index (χ3n) is 0.884. The van der Waals surface area contributed by atoms with Crippen LogP contribution in [0.15, 0.2) is 152 Å². The Bertz CT molecular complexity index is 652. The SMILES string of the molecule is C.C.C.C.C.C.C.C.C.C.C=C=C=C=C.C=C=C=C=C.C=C=C=C=C.C=C=C=C=C.C=C=C=C=C.[HH]. The van der Waals surface area contributed by atoms with Crippen molar-refractivity contribution in [2.24, 2.45) is 0 Å². The smallest absolute Gasteiger partial charge is 0 e. The summed E-state index contributed by atoms with van der Waals surface area (Å²) in [5.41, 5.74) is 35.4. The Morgan fingerprint density at radius 3 is 0.257 bits per heavy atom. The van der Waals surface area contributed by atoms with Crippen LogP contribution in [0.25, 0.3) is 0 Å². The van der Waals surface area contributed by atoms with E-state index in [1.807, 2.05) is 0 Å². The minimum atomic E-state index is 0. The molecule has 0 N–H and O–H groups in total. The van der Waals surface area contributed by atoms with E-state index in [9.17, 15) is 0 Å². The van der Waals surface area contributed by atoms with Crippen molar-refractivity contribution in [2.45, 2.75) is 74.3 Å². The maximum atomic E-state index is 3.21. The van der Waals surface area contributed by atoms with Crippen molar-refractivity contribution in [3.05, 3.63) is 152 Å². The Labute approximate surface area is 227 Å². The largest absolute Gasteiger partial charge is 0.0776 e. The van der Waals surface area contributed by atoms with E-state index in [2.05, 4.69) is 152 Å². The predicted molar refractivity (Wildman–Crippen MR) is 178 cm³/mol. The summed E-state index contributed by atoms with van der Waals surface area (Å²) in [5.74, 6) is 0. The molecule has 0 heterocycles. The minimum absolute atomic E-state index is 0. The van der Waals surface area contributed by atoms with Gasteiger partial charge in [-0.05, 0) is 94.4 Å². The van der Waals surface area contributed by atoms with Crippen LogP contribution in [0.5, 0.6) is 0 Å². The molecule has 0 saturated carbocycles. The van der Waals surface area contributed by atoms with E-state index in [0.29, 0.717) is 0 Å². The Morgan fingerprint density at radius 1 is 0.200 bits per heavy atom. The molecule has 0 heteroatoms. The van der Waals surface area contributed by atoms with Gasteiger partial charge in [-0.15, -0.1) is 0 Å². The molecule has 0 radical (unpaired) electrons. The van der Waals surface area contributed by atoms with Crippen LogP contribution < -0.4 is 0 Å². The highest BCUT2D eigenvalue weighted by Crippen LogP contribution is 1.40. The zero-order valence-corrected chi connectivity index (χ0v) is 14.6. The van der Waals surface area contributed by atoms with E-state index in [1.54, 1.807) is 0 Å². The molecule has 0 amide bonds. The van der Waals surface area contributed by atoms with Crippen LogP contribution in [0.4, 0.5) is 0 Å². The molecular formula is C35H62. The highest BCUT2D eigenvalue weighted by atomic mass is 13.3. The molecule has 0 aliphatic rings. The van der Waals surface area contributed by atoms with Gasteiger partial charge in [0.25, 0.3) is 0 Å². The van der Waals surface area contributed by atoms with Crippen LogP contribution in [-0.4, -0.2) is 0 Å². The van der Waals surface area contributed by atoms with Crippen molar-refractivity contribution < 1.29 is 1.43 Å². The highest BCUT2D eigenvalue weighted by Gasteiger charge is 1.20. The average molecular weight is 483 g/mol. The van der Waals surface area contributed by atoms with Crippen molar-refractivity contribution in [3.8, 4) is 0 Å². The first kappa shape index (κ1) is 111. The molecule has 0 aromatic heterocycles. The van der Waals surface area contributed by atoms with Gasteiger partial charge in [-0.25, -0.2) is 0 Å². The second-order valence-electron chi connectivity index (χ2n) is 2.39. The van der Waals surface area contributed by atoms with E-state index in [0.717, 1.165) is 0 Å². The molecule has 0 saturated heterocycles. The van der Waals surface area contributed by atoms with Gasteiger partial charge >= 0.3 is 0 Å². The molecule has 0 nitrogen and oxygen atoms in total. The molecule has 0 aliphatic heterocycles. The van der Waals surface area contributed by atoms with Crippen molar-refractivity contribution in [1.82, 2.24) is 0 Å². The highest BCUT2D eigenvalue weighted by molar-refractivity contribution is 4.76. The summed E-state index contributed by atoms with van der Waals surface area (Å²) < 4.78 is 0. The Hall–Kier alpha value is -4.60. The van der Waals surface area contributed by atoms with Gasteiger partial charge in [-0.2, -0.15) is 0 Å². The van der Waals surface area contributed by atoms with Gasteiger partial charge in [-0.1, -0.05) is 132 Å². The van der Waals surface area contributed by atoms with Gasteiger partial charge < -0.3 is 0 Å². The molecular weight excluding hydrogens is 420 g/mol. The summed E-state index contributed by atoms with van der Waals surface area (Å²) in [6.45, 7) is 32.1. The van der Waals surface area contributed by atoms with Crippen molar-refractivity contribution >= 4 is 0 Å². The van der Waals surface area contributed by atoms with Crippen molar-refractivity contribution in [1.29, 1.82) is 0 Å². The second kappa shape index (κ2) is 219. The van der Waals surface area contributed by atoms with Gasteiger partial charge in [0.15, 0.2) is 0 Å². The second-order valence-corrected chi connectivity index (χ2v) is 2.39. The maximum absolute atomic E-state index is 3.21. The van der Waals surface area contributed by atoms with E-state index in [-0.39, 0.29) is 75.7 Å². The summed E-state index contributed by atoms with van der Waals surface area (Å²) in [6.07, 6.45) is 0. The maximum Gasteiger partial charge on any atom is 0 e. The van der Waals surface area contributed by atoms with E-state index in [1.165, 1.54) is 0 Å². The zero-order valence-electron chi connectivity index (χ0n) is 14.6. The quantitative estimate of drug-likeness (QED) is 0.301. The average Bonchev–Trinajstić information content (AvgIpc) is 2.61. The summed E-state index contributed by atoms with van der Waals surface area (Å²) in [5, 5.41) is 0. The lowest BCUT2D eigenvalue weighted by Crippen LogP contribution is -1.07. The molecule has 0 unspecified atom stereocenters. The van der Waals surface area contributed by atoms with Crippen LogP contribution in [0.3, 0.4) is 0 Å². The first-order valence-electron chi connectivity index (χ1n) is 6.04. The topological polar surface area (TPSA) is 0 Å². The Morgan fingerprint density at radius 2 is 0.257 bits per heavy atom. The first-order chi connectivity index (χ1) is 12.1. The molecule has 0 spiro atoms. The first-order valence-corrected chi connectivity index (χ1v) is 6.04. The number of hydrogen-bond acceptors (Lipinski definition) is 0. The summed E-state index contributed by atoms with van der Waals surface area (Å²) in [6, 6.07) is 0. The van der Waals surface area contributed by atoms with Gasteiger partial charge in [-0.3, -0.25) is 0 Å². The molecule has 0 atom stereocenters. The van der Waals surface area contributed by atoms with E-state index in [4.69, 9.17) is 0 Å². The predicted octanol–water partition coefficient (Wildman–Crippen LogP) is 12.9. The molecule has 202 valence electrons. The Balaban J connectivity index is -0.00000000922. The van der Waals surface area contributed by atoms with Crippen molar-refractivity contribution in [2.75, 3.05) is 0 Å². The number of hydrogen-bond donors (Lipinski definition) is 0. The van der Waals surface area contributed by atoms with Gasteiger partial charge in [0.05, 0.1) is 0 Å². The molecule has 0 aromatic rings. The molecule has 0 fully saturated rings. The van der Waals surface area contributed by atoms with Crippen molar-refractivity contribution in [3.63, 3.8) is 0 Å². The Kier molecular flexibility index (Phi) is 694. The minimum Gasteiger partial charge on any atom is -0.0776 e. The summed E-state index contributed by atoms with van der Waals surface area (Å²) >= 11 is 0. The third-order valence-corrected chi connectivity index (χ3v) is 0.884. The molecule has 0 bridgehead atoms. The van der Waals surface area contributed by atoms with Crippen LogP contribution in [0, 0.1) is 0 Å². The summed E-state index contributed by atoms with van der Waals surface area (Å²) in [4.78, 5) is 0. The van der Waals surface area contributed by atoms with Gasteiger partial charge in [0, 0.05) is 1.43 Å². The lowest BCUT2D eigenvalue weighted by atomic mass is 10.8. The fourth-order valence-corrected chi connectivity index (χ4v) is 0.312. The van der Waals surface area contributed by atoms with E-state index >= 15 is 0 Å². The van der Waals surface area contributed by atoms with Crippen LogP contribution in [0.1, 0.15) is 75.7 Å². The normalized spacial score (nSPS) is 2.29. The number of rotatable bonds is 0. The monoisotopic (exact) mass is 482 g/mol. The fourth-order valence-electron chi connectivity index (χ4n) is 0.312. The van der Waals surface area contributed by atoms with Gasteiger partial charge in [0.1, 0.15) is 0 Å². The third kappa shape index (κ3) is 757. The fraction of sp³-hybridized carbons (Fsp3) is 0.286. The molecule has 0 rings (SSSR count). The van der Waals surface area contributed by atoms with Crippen LogP contribution in [0.2, 0.25) is 0 Å². The zero-order chi connectivity index (χ0) is 20.6. The van der Waals surface area contributed by atoms with Gasteiger partial charge in [0.2, 0.25) is 0 Å². The lowest BCUT2D eigenvalue weighted by Gasteiger charge is -1.27. The lowest BCUT2D eigenvalue weighted by molar-refractivity contribution is 2.29. The molecule has 0 aliphatic carbocycles. The van der Waals surface area contributed by atoms with Crippen LogP contribution in [-0.2, 0) is 0 Å². The van der Waals surface area contributed by atoms with E-state index < -0.39 is 0 Å². The molecule has 0 aromatic carbocycles. The molecule has 35 heavy (non-hydrogen) atoms. The summed E-state index contributed by atoms with van der Waals surface area (Å²) in [7, 11) is 0. The standard InChI is InChI=1S/5C5H4.10CH4.H2/c5*1-3-5-4-2;;;;;;;;;;;/h5*1-2H2;10*1H4;1H. The van der Waals surface area contributed by atoms with Crippen LogP contribution >= 0.6 is 0 Å².